The topological polar surface area (TPSA) is 71.7 Å². The van der Waals surface area contributed by atoms with Gasteiger partial charge in [0.15, 0.2) is 6.10 Å². The van der Waals surface area contributed by atoms with Crippen LogP contribution < -0.4 is 9.64 Å². The molecule has 7 nitrogen and oxygen atoms in total. The van der Waals surface area contributed by atoms with E-state index >= 15 is 0 Å². The van der Waals surface area contributed by atoms with Gasteiger partial charge in [0.25, 0.3) is 5.91 Å². The fourth-order valence-corrected chi connectivity index (χ4v) is 3.66. The van der Waals surface area contributed by atoms with Crippen LogP contribution in [0.5, 0.6) is 5.75 Å². The van der Waals surface area contributed by atoms with Crippen LogP contribution in [0.15, 0.2) is 53.1 Å². The van der Waals surface area contributed by atoms with Crippen molar-refractivity contribution in [3.05, 3.63) is 59.4 Å². The molecule has 1 aliphatic heterocycles. The molecule has 2 heterocycles. The molecule has 0 N–H and O–H groups in total. The van der Waals surface area contributed by atoms with E-state index in [4.69, 9.17) is 20.9 Å². The second-order valence-electron chi connectivity index (χ2n) is 7.21. The van der Waals surface area contributed by atoms with Gasteiger partial charge in [-0.3, -0.25) is 4.79 Å². The zero-order chi connectivity index (χ0) is 21.1. The lowest BCUT2D eigenvalue weighted by Crippen LogP contribution is -2.52. The van der Waals surface area contributed by atoms with E-state index in [1.807, 2.05) is 29.2 Å². The van der Waals surface area contributed by atoms with Crippen LogP contribution in [0.3, 0.4) is 0 Å². The molecule has 0 aliphatic carbocycles. The molecule has 0 saturated carbocycles. The Hall–Kier alpha value is -3.06. The molecular weight excluding hydrogens is 404 g/mol. The lowest BCUT2D eigenvalue weighted by atomic mass is 10.1. The third kappa shape index (κ3) is 4.57. The molecule has 1 fully saturated rings. The van der Waals surface area contributed by atoms with Crippen molar-refractivity contribution >= 4 is 23.2 Å². The van der Waals surface area contributed by atoms with Gasteiger partial charge in [0.2, 0.25) is 11.7 Å². The van der Waals surface area contributed by atoms with E-state index < -0.39 is 6.10 Å². The Kier molecular flexibility index (Phi) is 5.90. The van der Waals surface area contributed by atoms with E-state index in [0.29, 0.717) is 35.6 Å². The number of piperazine rings is 1. The molecule has 8 heteroatoms. The molecule has 1 aromatic heterocycles. The highest BCUT2D eigenvalue weighted by Gasteiger charge is 2.26. The number of amides is 1. The average molecular weight is 427 g/mol. The first-order valence-electron chi connectivity index (χ1n) is 9.86. The Labute approximate surface area is 180 Å². The van der Waals surface area contributed by atoms with E-state index in [0.717, 1.165) is 24.3 Å². The number of benzene rings is 2. The summed E-state index contributed by atoms with van der Waals surface area (Å²) in [6, 6.07) is 15.1. The second-order valence-corrected chi connectivity index (χ2v) is 7.65. The lowest BCUT2D eigenvalue weighted by Gasteiger charge is -2.37. The summed E-state index contributed by atoms with van der Waals surface area (Å²) in [5, 5.41) is 4.53. The molecule has 1 saturated heterocycles. The van der Waals surface area contributed by atoms with Gasteiger partial charge in [-0.05, 0) is 49.4 Å². The van der Waals surface area contributed by atoms with Crippen LogP contribution >= 0.6 is 11.6 Å². The Bertz CT molecular complexity index is 1010. The molecule has 0 radical (unpaired) electrons. The first-order valence-corrected chi connectivity index (χ1v) is 10.2. The Morgan fingerprint density at radius 3 is 2.50 bits per heavy atom. The van der Waals surface area contributed by atoms with E-state index in [2.05, 4.69) is 15.0 Å². The molecule has 156 valence electrons. The van der Waals surface area contributed by atoms with Crippen molar-refractivity contribution in [1.82, 2.24) is 15.0 Å². The first kappa shape index (κ1) is 20.2. The van der Waals surface area contributed by atoms with Crippen LogP contribution in [0, 0.1) is 6.92 Å². The molecule has 1 aliphatic rings. The highest BCUT2D eigenvalue weighted by atomic mass is 35.5. The zero-order valence-corrected chi connectivity index (χ0v) is 17.7. The third-order valence-electron chi connectivity index (χ3n) is 5.07. The average Bonchev–Trinajstić information content (AvgIpc) is 3.20. The van der Waals surface area contributed by atoms with Gasteiger partial charge < -0.3 is 19.1 Å². The number of hydrogen-bond acceptors (Lipinski definition) is 6. The summed E-state index contributed by atoms with van der Waals surface area (Å²) in [4.78, 5) is 21.1. The maximum Gasteiger partial charge on any atom is 0.263 e. The number of halogens is 1. The van der Waals surface area contributed by atoms with Crippen LogP contribution in [0.1, 0.15) is 12.8 Å². The standard InChI is InChI=1S/C22H23ClN4O3/c1-15(29-20-5-3-4-18(23)14-20)22(28)27-12-10-26(11-13-27)19-8-6-17(7-9-19)21-24-16(2)30-25-21/h3-9,14-15H,10-13H2,1-2H3/t15-/m0/s1. The summed E-state index contributed by atoms with van der Waals surface area (Å²) in [6.07, 6.45) is -0.562. The van der Waals surface area contributed by atoms with Gasteiger partial charge in [-0.15, -0.1) is 0 Å². The SMILES string of the molecule is Cc1nc(-c2ccc(N3CCN(C(=O)[C@H](C)Oc4cccc(Cl)c4)CC3)cc2)no1. The Morgan fingerprint density at radius 2 is 1.87 bits per heavy atom. The number of hydrogen-bond donors (Lipinski definition) is 0. The van der Waals surface area contributed by atoms with Crippen LogP contribution in [-0.2, 0) is 4.79 Å². The van der Waals surface area contributed by atoms with Gasteiger partial charge >= 0.3 is 0 Å². The Balaban J connectivity index is 1.32. The normalized spacial score (nSPS) is 15.2. The van der Waals surface area contributed by atoms with Crippen LogP contribution in [-0.4, -0.2) is 53.2 Å². The van der Waals surface area contributed by atoms with Gasteiger partial charge in [0, 0.05) is 49.4 Å². The van der Waals surface area contributed by atoms with Crippen molar-refractivity contribution in [2.45, 2.75) is 20.0 Å². The zero-order valence-electron chi connectivity index (χ0n) is 16.9. The number of carbonyl (C=O) groups excluding carboxylic acids is 1. The minimum atomic E-state index is -0.562. The summed E-state index contributed by atoms with van der Waals surface area (Å²) in [7, 11) is 0. The van der Waals surface area contributed by atoms with Crippen LogP contribution in [0.2, 0.25) is 5.02 Å². The van der Waals surface area contributed by atoms with Gasteiger partial charge in [0.05, 0.1) is 0 Å². The summed E-state index contributed by atoms with van der Waals surface area (Å²) < 4.78 is 10.8. The number of rotatable bonds is 5. The number of anilines is 1. The summed E-state index contributed by atoms with van der Waals surface area (Å²) in [6.45, 7) is 6.36. The van der Waals surface area contributed by atoms with E-state index in [1.165, 1.54) is 0 Å². The largest absolute Gasteiger partial charge is 0.481 e. The molecule has 4 rings (SSSR count). The van der Waals surface area contributed by atoms with Crippen molar-refractivity contribution in [2.24, 2.45) is 0 Å². The fourth-order valence-electron chi connectivity index (χ4n) is 3.47. The van der Waals surface area contributed by atoms with Crippen molar-refractivity contribution in [3.8, 4) is 17.1 Å². The van der Waals surface area contributed by atoms with Crippen molar-refractivity contribution in [1.29, 1.82) is 0 Å². The van der Waals surface area contributed by atoms with Crippen LogP contribution in [0.25, 0.3) is 11.4 Å². The first-order chi connectivity index (χ1) is 14.5. The number of aryl methyl sites for hydroxylation is 1. The van der Waals surface area contributed by atoms with Crippen LogP contribution in [0.4, 0.5) is 5.69 Å². The number of nitrogens with zero attached hydrogens (tertiary/aromatic N) is 4. The van der Waals surface area contributed by atoms with E-state index in [-0.39, 0.29) is 5.91 Å². The van der Waals surface area contributed by atoms with E-state index in [9.17, 15) is 4.79 Å². The highest BCUT2D eigenvalue weighted by Crippen LogP contribution is 2.23. The predicted octanol–water partition coefficient (Wildman–Crippen LogP) is 3.81. The summed E-state index contributed by atoms with van der Waals surface area (Å²) in [5.74, 6) is 1.71. The summed E-state index contributed by atoms with van der Waals surface area (Å²) in [5.41, 5.74) is 2.02. The van der Waals surface area contributed by atoms with Gasteiger partial charge in [-0.1, -0.05) is 22.8 Å². The highest BCUT2D eigenvalue weighted by molar-refractivity contribution is 6.30. The maximum absolute atomic E-state index is 12.8. The molecule has 1 amide bonds. The minimum Gasteiger partial charge on any atom is -0.481 e. The van der Waals surface area contributed by atoms with Gasteiger partial charge in [0.1, 0.15) is 5.75 Å². The molecule has 3 aromatic rings. The fraction of sp³-hybridized carbons (Fsp3) is 0.318. The van der Waals surface area contributed by atoms with Gasteiger partial charge in [-0.2, -0.15) is 4.98 Å². The predicted molar refractivity (Wildman–Crippen MR) is 115 cm³/mol. The molecular formula is C22H23ClN4O3. The Morgan fingerprint density at radius 1 is 1.13 bits per heavy atom. The quantitative estimate of drug-likeness (QED) is 0.617. The molecule has 0 bridgehead atoms. The smallest absolute Gasteiger partial charge is 0.263 e. The molecule has 0 spiro atoms. The second kappa shape index (κ2) is 8.75. The van der Waals surface area contributed by atoms with Crippen molar-refractivity contribution < 1.29 is 14.1 Å². The monoisotopic (exact) mass is 426 g/mol. The van der Waals surface area contributed by atoms with E-state index in [1.54, 1.807) is 38.1 Å². The molecule has 1 atom stereocenters. The number of aromatic nitrogens is 2. The van der Waals surface area contributed by atoms with Crippen molar-refractivity contribution in [2.75, 3.05) is 31.1 Å². The van der Waals surface area contributed by atoms with Gasteiger partial charge in [-0.25, -0.2) is 0 Å². The molecule has 2 aromatic carbocycles. The molecule has 30 heavy (non-hydrogen) atoms. The summed E-state index contributed by atoms with van der Waals surface area (Å²) >= 11 is 5.98. The number of carbonyl (C=O) groups is 1. The molecule has 0 unspecified atom stereocenters. The minimum absolute atomic E-state index is 0.0163. The maximum atomic E-state index is 12.8. The van der Waals surface area contributed by atoms with Crippen molar-refractivity contribution in [3.63, 3.8) is 0 Å². The third-order valence-corrected chi connectivity index (χ3v) is 5.30. The number of ether oxygens (including phenoxy) is 1. The lowest BCUT2D eigenvalue weighted by molar-refractivity contribution is -0.138.